The molecule has 0 saturated carbocycles. The molecule has 0 aliphatic rings. The Morgan fingerprint density at radius 2 is 2.00 bits per heavy atom. The van der Waals surface area contributed by atoms with Crippen LogP contribution in [0.5, 0.6) is 5.75 Å². The molecular weight excluding hydrogens is 220 g/mol. The van der Waals surface area contributed by atoms with E-state index in [-0.39, 0.29) is 18.6 Å². The van der Waals surface area contributed by atoms with Gasteiger partial charge in [0.2, 0.25) is 5.82 Å². The first-order valence-electron chi connectivity index (χ1n) is 5.39. The Hall–Kier alpha value is -1.88. The molecule has 1 aromatic carbocycles. The molecule has 1 heterocycles. The molecule has 0 aliphatic carbocycles. The molecule has 0 unspecified atom stereocenters. The summed E-state index contributed by atoms with van der Waals surface area (Å²) in [5, 5.41) is 12.6. The van der Waals surface area contributed by atoms with Gasteiger partial charge in [-0.25, -0.2) is 0 Å². The number of ether oxygens (including phenoxy) is 1. The highest BCUT2D eigenvalue weighted by molar-refractivity contribution is 5.55. The van der Waals surface area contributed by atoms with E-state index in [0.717, 1.165) is 11.3 Å². The molecule has 0 saturated heterocycles. The Morgan fingerprint density at radius 1 is 1.29 bits per heavy atom. The van der Waals surface area contributed by atoms with Crippen molar-refractivity contribution in [1.29, 1.82) is 0 Å². The molecule has 0 bridgehead atoms. The second kappa shape index (κ2) is 4.97. The number of aliphatic hydroxyl groups is 1. The summed E-state index contributed by atoms with van der Waals surface area (Å²) < 4.78 is 10.3. The van der Waals surface area contributed by atoms with Gasteiger partial charge < -0.3 is 14.4 Å². The van der Waals surface area contributed by atoms with Crippen molar-refractivity contribution in [2.45, 2.75) is 26.6 Å². The lowest BCUT2D eigenvalue weighted by molar-refractivity contribution is 0.222. The van der Waals surface area contributed by atoms with Gasteiger partial charge in [0.25, 0.3) is 5.89 Å². The molecule has 0 aliphatic heterocycles. The van der Waals surface area contributed by atoms with E-state index >= 15 is 0 Å². The Bertz CT molecular complexity index is 477. The van der Waals surface area contributed by atoms with Crippen molar-refractivity contribution in [2.24, 2.45) is 0 Å². The minimum Gasteiger partial charge on any atom is -0.491 e. The standard InChI is InChI=1S/C12H14N2O3/c1-8(2)16-10-5-3-9(4-6-10)12-13-11(7-15)17-14-12/h3-6,8,15H,7H2,1-2H3. The molecule has 2 rings (SSSR count). The van der Waals surface area contributed by atoms with Crippen LogP contribution in [0.25, 0.3) is 11.4 Å². The molecule has 5 heteroatoms. The van der Waals surface area contributed by atoms with Gasteiger partial charge in [0.1, 0.15) is 12.4 Å². The number of aliphatic hydroxyl groups excluding tert-OH is 1. The Balaban J connectivity index is 2.17. The highest BCUT2D eigenvalue weighted by Gasteiger charge is 2.07. The fourth-order valence-electron chi connectivity index (χ4n) is 1.39. The lowest BCUT2D eigenvalue weighted by Crippen LogP contribution is -2.05. The third-order valence-electron chi connectivity index (χ3n) is 2.09. The zero-order valence-corrected chi connectivity index (χ0v) is 9.75. The molecule has 5 nitrogen and oxygen atoms in total. The smallest absolute Gasteiger partial charge is 0.252 e. The summed E-state index contributed by atoms with van der Waals surface area (Å²) in [4.78, 5) is 4.02. The quantitative estimate of drug-likeness (QED) is 0.876. The normalized spacial score (nSPS) is 10.8. The van der Waals surface area contributed by atoms with Crippen LogP contribution in [0.3, 0.4) is 0 Å². The monoisotopic (exact) mass is 234 g/mol. The molecule has 0 fully saturated rings. The summed E-state index contributed by atoms with van der Waals surface area (Å²) in [6.45, 7) is 3.70. The maximum absolute atomic E-state index is 8.82. The van der Waals surface area contributed by atoms with Gasteiger partial charge in [0, 0.05) is 5.56 Å². The predicted molar refractivity (Wildman–Crippen MR) is 61.4 cm³/mol. The fraction of sp³-hybridized carbons (Fsp3) is 0.333. The molecular formula is C12H14N2O3. The number of benzene rings is 1. The van der Waals surface area contributed by atoms with Crippen molar-refractivity contribution >= 4 is 0 Å². The molecule has 17 heavy (non-hydrogen) atoms. The molecule has 0 amide bonds. The third kappa shape index (κ3) is 2.82. The first-order chi connectivity index (χ1) is 8.19. The van der Waals surface area contributed by atoms with Crippen LogP contribution >= 0.6 is 0 Å². The van der Waals surface area contributed by atoms with Crippen molar-refractivity contribution in [3.05, 3.63) is 30.2 Å². The average molecular weight is 234 g/mol. The maximum Gasteiger partial charge on any atom is 0.252 e. The van der Waals surface area contributed by atoms with Crippen LogP contribution in [0.15, 0.2) is 28.8 Å². The summed E-state index contributed by atoms with van der Waals surface area (Å²) in [5.41, 5.74) is 0.824. The zero-order chi connectivity index (χ0) is 12.3. The van der Waals surface area contributed by atoms with Crippen LogP contribution in [-0.4, -0.2) is 21.4 Å². The van der Waals surface area contributed by atoms with Crippen LogP contribution in [0.4, 0.5) is 0 Å². The highest BCUT2D eigenvalue weighted by atomic mass is 16.5. The van der Waals surface area contributed by atoms with Gasteiger partial charge >= 0.3 is 0 Å². The summed E-state index contributed by atoms with van der Waals surface area (Å²) in [6, 6.07) is 7.40. The van der Waals surface area contributed by atoms with Crippen LogP contribution in [0.2, 0.25) is 0 Å². The molecule has 0 spiro atoms. The van der Waals surface area contributed by atoms with Crippen LogP contribution < -0.4 is 4.74 Å². The molecule has 90 valence electrons. The topological polar surface area (TPSA) is 68.4 Å². The summed E-state index contributed by atoms with van der Waals surface area (Å²) in [5.74, 6) is 1.47. The summed E-state index contributed by atoms with van der Waals surface area (Å²) >= 11 is 0. The van der Waals surface area contributed by atoms with E-state index in [1.807, 2.05) is 38.1 Å². The van der Waals surface area contributed by atoms with Crippen molar-refractivity contribution in [3.63, 3.8) is 0 Å². The first kappa shape index (κ1) is 11.6. The highest BCUT2D eigenvalue weighted by Crippen LogP contribution is 2.20. The molecule has 1 aromatic heterocycles. The average Bonchev–Trinajstić information content (AvgIpc) is 2.78. The lowest BCUT2D eigenvalue weighted by Gasteiger charge is -2.09. The minimum atomic E-state index is -0.248. The van der Waals surface area contributed by atoms with Crippen LogP contribution in [0.1, 0.15) is 19.7 Å². The Kier molecular flexibility index (Phi) is 3.39. The number of aromatic nitrogens is 2. The SMILES string of the molecule is CC(C)Oc1ccc(-c2noc(CO)n2)cc1. The third-order valence-corrected chi connectivity index (χ3v) is 2.09. The second-order valence-electron chi connectivity index (χ2n) is 3.86. The maximum atomic E-state index is 8.82. The van der Waals surface area contributed by atoms with Crippen molar-refractivity contribution < 1.29 is 14.4 Å². The van der Waals surface area contributed by atoms with Gasteiger partial charge in [-0.1, -0.05) is 5.16 Å². The number of hydrogen-bond donors (Lipinski definition) is 1. The lowest BCUT2D eigenvalue weighted by atomic mass is 10.2. The van der Waals surface area contributed by atoms with E-state index < -0.39 is 0 Å². The van der Waals surface area contributed by atoms with Gasteiger partial charge in [0.05, 0.1) is 6.10 Å². The minimum absolute atomic E-state index is 0.145. The van der Waals surface area contributed by atoms with Gasteiger partial charge in [-0.2, -0.15) is 4.98 Å². The van der Waals surface area contributed by atoms with Gasteiger partial charge in [-0.15, -0.1) is 0 Å². The van der Waals surface area contributed by atoms with Gasteiger partial charge in [-0.05, 0) is 38.1 Å². The van der Waals surface area contributed by atoms with Crippen LogP contribution in [-0.2, 0) is 6.61 Å². The molecule has 1 N–H and O–H groups in total. The summed E-state index contributed by atoms with van der Waals surface area (Å²) in [7, 11) is 0. The zero-order valence-electron chi connectivity index (χ0n) is 9.75. The van der Waals surface area contributed by atoms with Crippen molar-refractivity contribution in [1.82, 2.24) is 10.1 Å². The van der Waals surface area contributed by atoms with E-state index in [4.69, 9.17) is 14.4 Å². The predicted octanol–water partition coefficient (Wildman–Crippen LogP) is 2.02. The second-order valence-corrected chi connectivity index (χ2v) is 3.86. The molecule has 0 radical (unpaired) electrons. The van der Waals surface area contributed by atoms with Crippen molar-refractivity contribution in [3.8, 4) is 17.1 Å². The first-order valence-corrected chi connectivity index (χ1v) is 5.39. The van der Waals surface area contributed by atoms with E-state index in [2.05, 4.69) is 10.1 Å². The van der Waals surface area contributed by atoms with Gasteiger partial charge in [0.15, 0.2) is 0 Å². The molecule has 2 aromatic rings. The Morgan fingerprint density at radius 3 is 2.53 bits per heavy atom. The van der Waals surface area contributed by atoms with Gasteiger partial charge in [-0.3, -0.25) is 0 Å². The number of nitrogens with zero attached hydrogens (tertiary/aromatic N) is 2. The fourth-order valence-corrected chi connectivity index (χ4v) is 1.39. The molecule has 0 atom stereocenters. The van der Waals surface area contributed by atoms with Crippen LogP contribution in [0, 0.1) is 0 Å². The van der Waals surface area contributed by atoms with E-state index in [0.29, 0.717) is 5.82 Å². The van der Waals surface area contributed by atoms with Crippen molar-refractivity contribution in [2.75, 3.05) is 0 Å². The number of hydrogen-bond acceptors (Lipinski definition) is 5. The Labute approximate surface area is 99.0 Å². The number of rotatable bonds is 4. The summed E-state index contributed by atoms with van der Waals surface area (Å²) in [6.07, 6.45) is 0.145. The van der Waals surface area contributed by atoms with E-state index in [9.17, 15) is 0 Å². The largest absolute Gasteiger partial charge is 0.491 e. The van der Waals surface area contributed by atoms with E-state index in [1.165, 1.54) is 0 Å². The van der Waals surface area contributed by atoms with E-state index in [1.54, 1.807) is 0 Å².